The maximum atomic E-state index is 9.93. The maximum absolute atomic E-state index is 9.93. The largest absolute Gasteiger partial charge is 1.00 e. The van der Waals surface area contributed by atoms with E-state index in [1.807, 2.05) is 6.92 Å². The van der Waals surface area contributed by atoms with Gasteiger partial charge in [-0.25, -0.2) is 0 Å². The number of aliphatic hydroxyl groups is 1. The minimum atomic E-state index is -0.349. The van der Waals surface area contributed by atoms with E-state index < -0.39 is 0 Å². The molecule has 1 heteroatoms. The Kier molecular flexibility index (Phi) is 8.73. The molecule has 4 rings (SSSR count). The van der Waals surface area contributed by atoms with Crippen molar-refractivity contribution in [3.05, 3.63) is 11.6 Å². The van der Waals surface area contributed by atoms with E-state index in [0.29, 0.717) is 0 Å². The van der Waals surface area contributed by atoms with Crippen molar-refractivity contribution in [2.45, 2.75) is 130 Å². The molecule has 168 valence electrons. The van der Waals surface area contributed by atoms with Crippen molar-refractivity contribution in [3.63, 3.8) is 0 Å². The molecule has 0 bridgehead atoms. The van der Waals surface area contributed by atoms with Crippen LogP contribution in [0.1, 0.15) is 125 Å². The summed E-state index contributed by atoms with van der Waals surface area (Å²) in [5.74, 6) is 5.98. The van der Waals surface area contributed by atoms with Gasteiger partial charge in [-0.15, -0.1) is 0 Å². The zero-order chi connectivity index (χ0) is 20.9. The molecular formula is C28H51O+. The SMILES string of the molecule is CC1=CCC(C2CCC(C)CC2)CC1.CC1CCC(C2CCC(C)(O)CC2)CC1.[H+]. The summed E-state index contributed by atoms with van der Waals surface area (Å²) in [6.07, 6.45) is 23.1. The van der Waals surface area contributed by atoms with Gasteiger partial charge < -0.3 is 5.11 Å². The average Bonchev–Trinajstić information content (AvgIpc) is 2.71. The highest BCUT2D eigenvalue weighted by atomic mass is 16.3. The molecule has 1 atom stereocenters. The van der Waals surface area contributed by atoms with Gasteiger partial charge >= 0.3 is 1.43 Å². The molecule has 3 saturated carbocycles. The molecule has 0 aliphatic heterocycles. The molecule has 0 saturated heterocycles. The van der Waals surface area contributed by atoms with Crippen LogP contribution in [0.3, 0.4) is 0 Å². The van der Waals surface area contributed by atoms with E-state index in [-0.39, 0.29) is 7.03 Å². The maximum Gasteiger partial charge on any atom is 1.00 e. The molecule has 0 radical (unpaired) electrons. The third-order valence-electron chi connectivity index (χ3n) is 9.24. The van der Waals surface area contributed by atoms with Crippen LogP contribution in [0.5, 0.6) is 0 Å². The number of allylic oxidation sites excluding steroid dienone is 2. The molecule has 4 aliphatic carbocycles. The van der Waals surface area contributed by atoms with Crippen LogP contribution < -0.4 is 0 Å². The van der Waals surface area contributed by atoms with Crippen LogP contribution >= 0.6 is 0 Å². The Morgan fingerprint density at radius 2 is 1.17 bits per heavy atom. The molecule has 0 heterocycles. The Morgan fingerprint density at radius 1 is 0.724 bits per heavy atom. The van der Waals surface area contributed by atoms with Crippen molar-refractivity contribution >= 4 is 0 Å². The fourth-order valence-electron chi connectivity index (χ4n) is 6.66. The molecule has 0 aromatic rings. The topological polar surface area (TPSA) is 20.2 Å². The molecule has 0 aromatic carbocycles. The predicted octanol–water partition coefficient (Wildman–Crippen LogP) is 8.43. The van der Waals surface area contributed by atoms with Gasteiger partial charge in [0, 0.05) is 0 Å². The van der Waals surface area contributed by atoms with Crippen LogP contribution in [0.2, 0.25) is 0 Å². The van der Waals surface area contributed by atoms with Gasteiger partial charge in [-0.1, -0.05) is 51.2 Å². The Hall–Kier alpha value is -0.300. The minimum Gasteiger partial charge on any atom is -0.390 e. The van der Waals surface area contributed by atoms with Crippen LogP contribution in [-0.2, 0) is 0 Å². The Labute approximate surface area is 183 Å². The van der Waals surface area contributed by atoms with Crippen molar-refractivity contribution in [1.82, 2.24) is 0 Å². The summed E-state index contributed by atoms with van der Waals surface area (Å²) >= 11 is 0. The number of hydrogen-bond acceptors (Lipinski definition) is 1. The van der Waals surface area contributed by atoms with Crippen LogP contribution in [0.15, 0.2) is 11.6 Å². The van der Waals surface area contributed by atoms with Gasteiger partial charge in [0.1, 0.15) is 0 Å². The van der Waals surface area contributed by atoms with Crippen molar-refractivity contribution < 1.29 is 6.53 Å². The molecule has 0 spiro atoms. The first-order valence-electron chi connectivity index (χ1n) is 13.2. The fraction of sp³-hybridized carbons (Fsp3) is 0.929. The van der Waals surface area contributed by atoms with E-state index in [1.165, 1.54) is 83.5 Å². The van der Waals surface area contributed by atoms with Crippen molar-refractivity contribution in [3.8, 4) is 0 Å². The molecule has 3 fully saturated rings. The van der Waals surface area contributed by atoms with Gasteiger partial charge in [0.25, 0.3) is 0 Å². The summed E-state index contributed by atoms with van der Waals surface area (Å²) < 4.78 is 0. The second-order valence-electron chi connectivity index (χ2n) is 12.0. The summed E-state index contributed by atoms with van der Waals surface area (Å²) in [4.78, 5) is 0. The first-order valence-corrected chi connectivity index (χ1v) is 13.2. The van der Waals surface area contributed by atoms with Gasteiger partial charge in [-0.2, -0.15) is 0 Å². The summed E-state index contributed by atoms with van der Waals surface area (Å²) in [6, 6.07) is 0. The highest BCUT2D eigenvalue weighted by molar-refractivity contribution is 5.03. The second-order valence-corrected chi connectivity index (χ2v) is 12.0. The third-order valence-corrected chi connectivity index (χ3v) is 9.24. The Balaban J connectivity index is 0.000000207. The lowest BCUT2D eigenvalue weighted by atomic mass is 9.69. The van der Waals surface area contributed by atoms with Gasteiger partial charge in [-0.3, -0.25) is 0 Å². The quantitative estimate of drug-likeness (QED) is 0.459. The van der Waals surface area contributed by atoms with Crippen LogP contribution in [0.25, 0.3) is 0 Å². The van der Waals surface area contributed by atoms with Gasteiger partial charge in [-0.05, 0) is 120 Å². The Morgan fingerprint density at radius 3 is 1.62 bits per heavy atom. The Bertz CT molecular complexity index is 499. The summed E-state index contributed by atoms with van der Waals surface area (Å²) in [6.45, 7) is 9.11. The summed E-state index contributed by atoms with van der Waals surface area (Å²) in [7, 11) is 0. The lowest BCUT2D eigenvalue weighted by Gasteiger charge is -2.39. The van der Waals surface area contributed by atoms with Crippen LogP contribution in [-0.4, -0.2) is 10.7 Å². The van der Waals surface area contributed by atoms with E-state index in [0.717, 1.165) is 48.3 Å². The van der Waals surface area contributed by atoms with E-state index in [9.17, 15) is 5.11 Å². The van der Waals surface area contributed by atoms with Gasteiger partial charge in [0.05, 0.1) is 5.60 Å². The monoisotopic (exact) mass is 403 g/mol. The van der Waals surface area contributed by atoms with Gasteiger partial charge in [0.15, 0.2) is 0 Å². The lowest BCUT2D eigenvalue weighted by Crippen LogP contribution is -2.33. The average molecular weight is 404 g/mol. The smallest absolute Gasteiger partial charge is 0.390 e. The van der Waals surface area contributed by atoms with E-state index in [2.05, 4.69) is 26.8 Å². The van der Waals surface area contributed by atoms with Crippen molar-refractivity contribution in [1.29, 1.82) is 0 Å². The van der Waals surface area contributed by atoms with Crippen molar-refractivity contribution in [2.24, 2.45) is 35.5 Å². The molecule has 29 heavy (non-hydrogen) atoms. The standard InChI is InChI=1S/C14H26O.C14H24/c1-11-3-5-12(6-4-11)13-7-9-14(2,15)10-8-13;1-11-3-7-13(8-4-11)14-9-5-12(2)6-10-14/h11-13,15H,3-10H2,1-2H3;3,12-14H,4-10H2,1-2H3/p+1. The molecule has 1 unspecified atom stereocenters. The third kappa shape index (κ3) is 7.41. The first-order chi connectivity index (χ1) is 13.8. The van der Waals surface area contributed by atoms with Gasteiger partial charge in [0.2, 0.25) is 0 Å². The minimum absolute atomic E-state index is 0. The highest BCUT2D eigenvalue weighted by Crippen LogP contribution is 2.42. The fourth-order valence-corrected chi connectivity index (χ4v) is 6.66. The lowest BCUT2D eigenvalue weighted by molar-refractivity contribution is -0.00538. The van der Waals surface area contributed by atoms with Crippen LogP contribution in [0, 0.1) is 35.5 Å². The van der Waals surface area contributed by atoms with Crippen molar-refractivity contribution in [2.75, 3.05) is 0 Å². The molecule has 1 nitrogen and oxygen atoms in total. The predicted molar refractivity (Wildman–Crippen MR) is 127 cm³/mol. The second kappa shape index (κ2) is 10.8. The number of hydrogen-bond donors (Lipinski definition) is 1. The van der Waals surface area contributed by atoms with Crippen LogP contribution in [0.4, 0.5) is 0 Å². The normalized spacial score (nSPS) is 43.7. The molecule has 4 aliphatic rings. The summed E-state index contributed by atoms with van der Waals surface area (Å²) in [5, 5.41) is 9.93. The van der Waals surface area contributed by atoms with E-state index >= 15 is 0 Å². The number of rotatable bonds is 2. The highest BCUT2D eigenvalue weighted by Gasteiger charge is 2.33. The summed E-state index contributed by atoms with van der Waals surface area (Å²) in [5.41, 5.74) is 1.28. The molecule has 0 amide bonds. The van der Waals surface area contributed by atoms with E-state index in [4.69, 9.17) is 0 Å². The molecule has 1 N–H and O–H groups in total. The zero-order valence-electron chi connectivity index (χ0n) is 21.1. The molecular weight excluding hydrogens is 352 g/mol. The van der Waals surface area contributed by atoms with E-state index in [1.54, 1.807) is 5.57 Å². The zero-order valence-corrected chi connectivity index (χ0v) is 20.1. The molecule has 0 aromatic heterocycles. The first kappa shape index (κ1) is 23.4.